The first-order chi connectivity index (χ1) is 5.95. The van der Waals surface area contributed by atoms with E-state index in [-0.39, 0.29) is 0 Å². The van der Waals surface area contributed by atoms with Gasteiger partial charge in [0.05, 0.1) is 5.69 Å². The van der Waals surface area contributed by atoms with Crippen LogP contribution in [0.15, 0.2) is 10.5 Å². The molecule has 0 bridgehead atoms. The highest BCUT2D eigenvalue weighted by Crippen LogP contribution is 2.16. The maximum absolute atomic E-state index is 4.44. The molecule has 0 saturated heterocycles. The van der Waals surface area contributed by atoms with E-state index in [2.05, 4.69) is 15.1 Å². The van der Waals surface area contributed by atoms with E-state index in [9.17, 15) is 0 Å². The van der Waals surface area contributed by atoms with Gasteiger partial charge in [0.25, 0.3) is 0 Å². The Hall–Kier alpha value is -1.23. The molecule has 0 unspecified atom stereocenters. The van der Waals surface area contributed by atoms with E-state index in [1.807, 2.05) is 10.7 Å². The molecule has 0 radical (unpaired) electrons. The van der Waals surface area contributed by atoms with Gasteiger partial charge in [-0.1, -0.05) is 11.3 Å². The van der Waals surface area contributed by atoms with Gasteiger partial charge in [-0.2, -0.15) is 5.10 Å². The molecule has 2 aromatic rings. The Bertz CT molecular complexity index is 453. The largest absolute Gasteiger partial charge is 0.290 e. The van der Waals surface area contributed by atoms with Crippen molar-refractivity contribution in [2.24, 2.45) is 4.99 Å². The van der Waals surface area contributed by atoms with Crippen molar-refractivity contribution >= 4 is 22.5 Å². The van der Waals surface area contributed by atoms with Crippen molar-refractivity contribution in [2.75, 3.05) is 6.54 Å². The monoisotopic (exact) mass is 178 g/mol. The minimum atomic E-state index is 0.859. The quantitative estimate of drug-likeness (QED) is 0.598. The van der Waals surface area contributed by atoms with Gasteiger partial charge < -0.3 is 0 Å². The predicted molar refractivity (Wildman–Crippen MR) is 47.0 cm³/mol. The lowest BCUT2D eigenvalue weighted by molar-refractivity contribution is 0.893. The number of nitrogens with zero attached hydrogens (tertiary/aromatic N) is 4. The van der Waals surface area contributed by atoms with E-state index in [4.69, 9.17) is 0 Å². The van der Waals surface area contributed by atoms with Crippen LogP contribution in [0.4, 0.5) is 0 Å². The second-order valence-corrected chi connectivity index (χ2v) is 3.47. The molecule has 5 heteroatoms. The average molecular weight is 178 g/mol. The number of aromatic nitrogens is 3. The summed E-state index contributed by atoms with van der Waals surface area (Å²) >= 11 is 1.56. The molecule has 1 aliphatic rings. The fraction of sp³-hybridized carbons (Fsp3) is 0.286. The van der Waals surface area contributed by atoms with Crippen LogP contribution in [0.1, 0.15) is 11.4 Å². The lowest BCUT2D eigenvalue weighted by Gasteiger charge is -2.00. The second kappa shape index (κ2) is 2.13. The van der Waals surface area contributed by atoms with E-state index in [1.54, 1.807) is 16.8 Å². The first kappa shape index (κ1) is 6.30. The molecular weight excluding hydrogens is 172 g/mol. The topological polar surface area (TPSA) is 42.5 Å². The minimum Gasteiger partial charge on any atom is -0.290 e. The Morgan fingerprint density at radius 3 is 3.50 bits per heavy atom. The van der Waals surface area contributed by atoms with Crippen molar-refractivity contribution in [1.82, 2.24) is 14.6 Å². The molecule has 60 valence electrons. The van der Waals surface area contributed by atoms with Gasteiger partial charge in [0.2, 0.25) is 4.96 Å². The fourth-order valence-electron chi connectivity index (χ4n) is 1.39. The maximum atomic E-state index is 4.44. The minimum absolute atomic E-state index is 0.859. The normalized spacial score (nSPS) is 15.3. The third-order valence-corrected chi connectivity index (χ3v) is 2.62. The molecule has 4 nitrogen and oxygen atoms in total. The standard InChI is InChI=1S/C7H6N4S/c1-2-8-3-6-5(1)10-7-11(6)9-4-12-7/h3-4H,1-2H2. The summed E-state index contributed by atoms with van der Waals surface area (Å²) in [6.45, 7) is 0.859. The summed E-state index contributed by atoms with van der Waals surface area (Å²) in [4.78, 5) is 9.61. The van der Waals surface area contributed by atoms with E-state index >= 15 is 0 Å². The predicted octanol–water partition coefficient (Wildman–Crippen LogP) is 0.766. The van der Waals surface area contributed by atoms with Crippen molar-refractivity contribution in [2.45, 2.75) is 6.42 Å². The number of aliphatic imine (C=N–C) groups is 1. The first-order valence-electron chi connectivity index (χ1n) is 3.76. The van der Waals surface area contributed by atoms with Gasteiger partial charge in [0, 0.05) is 19.2 Å². The van der Waals surface area contributed by atoms with Crippen molar-refractivity contribution < 1.29 is 0 Å². The molecule has 0 spiro atoms. The van der Waals surface area contributed by atoms with Crippen LogP contribution in [-0.4, -0.2) is 27.4 Å². The highest BCUT2D eigenvalue weighted by atomic mass is 32.1. The van der Waals surface area contributed by atoms with Gasteiger partial charge in [-0.05, 0) is 0 Å². The fourth-order valence-corrected chi connectivity index (χ4v) is 2.03. The van der Waals surface area contributed by atoms with E-state index in [0.29, 0.717) is 0 Å². The van der Waals surface area contributed by atoms with E-state index in [1.165, 1.54) is 0 Å². The summed E-state index contributed by atoms with van der Waals surface area (Å²) in [5.74, 6) is 0. The van der Waals surface area contributed by atoms with E-state index in [0.717, 1.165) is 29.3 Å². The smallest absolute Gasteiger partial charge is 0.212 e. The number of rotatable bonds is 0. The number of imidazole rings is 1. The van der Waals surface area contributed by atoms with Gasteiger partial charge >= 0.3 is 0 Å². The van der Waals surface area contributed by atoms with E-state index < -0.39 is 0 Å². The van der Waals surface area contributed by atoms with Crippen molar-refractivity contribution in [1.29, 1.82) is 0 Å². The summed E-state index contributed by atoms with van der Waals surface area (Å²) in [7, 11) is 0. The molecule has 0 N–H and O–H groups in total. The molecule has 1 aliphatic heterocycles. The summed E-state index contributed by atoms with van der Waals surface area (Å²) in [6, 6.07) is 0. The number of hydrogen-bond acceptors (Lipinski definition) is 4. The molecule has 0 fully saturated rings. The van der Waals surface area contributed by atoms with Crippen LogP contribution in [0.2, 0.25) is 0 Å². The summed E-state index contributed by atoms with van der Waals surface area (Å²) in [5.41, 5.74) is 3.98. The Morgan fingerprint density at radius 1 is 1.50 bits per heavy atom. The van der Waals surface area contributed by atoms with Crippen LogP contribution in [0.25, 0.3) is 4.96 Å². The molecule has 3 heterocycles. The Morgan fingerprint density at radius 2 is 2.50 bits per heavy atom. The number of hydrogen-bond donors (Lipinski definition) is 0. The highest BCUT2D eigenvalue weighted by molar-refractivity contribution is 7.14. The Balaban J connectivity index is 2.43. The molecule has 2 aromatic heterocycles. The summed E-state index contributed by atoms with van der Waals surface area (Å²) < 4.78 is 1.85. The zero-order valence-electron chi connectivity index (χ0n) is 6.27. The van der Waals surface area contributed by atoms with Gasteiger partial charge in [0.15, 0.2) is 0 Å². The zero-order valence-corrected chi connectivity index (χ0v) is 7.08. The van der Waals surface area contributed by atoms with Gasteiger partial charge in [0.1, 0.15) is 11.2 Å². The van der Waals surface area contributed by atoms with Gasteiger partial charge in [-0.15, -0.1) is 0 Å². The third kappa shape index (κ3) is 0.687. The lowest BCUT2D eigenvalue weighted by atomic mass is 10.2. The van der Waals surface area contributed by atoms with Gasteiger partial charge in [-0.3, -0.25) is 4.99 Å². The van der Waals surface area contributed by atoms with Gasteiger partial charge in [-0.25, -0.2) is 9.50 Å². The van der Waals surface area contributed by atoms with Crippen molar-refractivity contribution in [3.63, 3.8) is 0 Å². The molecule has 0 saturated carbocycles. The summed E-state index contributed by atoms with van der Waals surface area (Å²) in [5, 5.41) is 4.17. The second-order valence-electron chi connectivity index (χ2n) is 2.66. The molecule has 0 amide bonds. The number of fused-ring (bicyclic) bond motifs is 3. The van der Waals surface area contributed by atoms with Crippen LogP contribution in [-0.2, 0) is 6.42 Å². The van der Waals surface area contributed by atoms with Crippen LogP contribution in [0.3, 0.4) is 0 Å². The third-order valence-electron chi connectivity index (χ3n) is 1.95. The molecule has 12 heavy (non-hydrogen) atoms. The average Bonchev–Trinajstić information content (AvgIpc) is 2.62. The van der Waals surface area contributed by atoms with Crippen LogP contribution >= 0.6 is 11.3 Å². The van der Waals surface area contributed by atoms with Crippen LogP contribution < -0.4 is 0 Å². The molecular formula is C7H6N4S. The molecule has 0 aromatic carbocycles. The van der Waals surface area contributed by atoms with Crippen LogP contribution in [0, 0.1) is 0 Å². The SMILES string of the molecule is C1=NCCc2nc3scnn3c21. The Labute approximate surface area is 72.6 Å². The van der Waals surface area contributed by atoms with Crippen LogP contribution in [0.5, 0.6) is 0 Å². The lowest BCUT2D eigenvalue weighted by Crippen LogP contribution is -2.04. The Kier molecular flexibility index (Phi) is 1.12. The molecule has 3 rings (SSSR count). The summed E-state index contributed by atoms with van der Waals surface area (Å²) in [6.07, 6.45) is 2.81. The van der Waals surface area contributed by atoms with Crippen molar-refractivity contribution in [3.05, 3.63) is 16.9 Å². The maximum Gasteiger partial charge on any atom is 0.212 e. The highest BCUT2D eigenvalue weighted by Gasteiger charge is 2.14. The zero-order chi connectivity index (χ0) is 7.97. The molecule has 0 atom stereocenters. The molecule has 0 aliphatic carbocycles. The van der Waals surface area contributed by atoms with Crippen molar-refractivity contribution in [3.8, 4) is 0 Å². The first-order valence-corrected chi connectivity index (χ1v) is 4.64.